The summed E-state index contributed by atoms with van der Waals surface area (Å²) in [5.74, 6) is 2.17. The van der Waals surface area contributed by atoms with Gasteiger partial charge in [0.2, 0.25) is 0 Å². The number of thioether (sulfide) groups is 2. The summed E-state index contributed by atoms with van der Waals surface area (Å²) in [6, 6.07) is -0.930. The Morgan fingerprint density at radius 3 is 2.19 bits per heavy atom. The van der Waals surface area contributed by atoms with Crippen LogP contribution in [0.3, 0.4) is 0 Å². The number of primary amides is 1. The van der Waals surface area contributed by atoms with Gasteiger partial charge in [-0.15, -0.1) is 23.5 Å². The minimum Gasteiger partial charge on any atom is -0.452 e. The van der Waals surface area contributed by atoms with E-state index in [1.165, 1.54) is 30.8 Å². The van der Waals surface area contributed by atoms with Crippen molar-refractivity contribution in [3.8, 4) is 0 Å². The van der Waals surface area contributed by atoms with Crippen LogP contribution in [0.25, 0.3) is 0 Å². The van der Waals surface area contributed by atoms with Gasteiger partial charge in [0, 0.05) is 11.5 Å². The quantitative estimate of drug-likeness (QED) is 0.704. The molecule has 2 aliphatic carbocycles. The molecule has 2 saturated carbocycles. The highest BCUT2D eigenvalue weighted by molar-refractivity contribution is 8.21. The second kappa shape index (κ2) is 8.00. The van der Waals surface area contributed by atoms with Crippen LogP contribution in [0.1, 0.15) is 46.0 Å². The standard InChI is InChI=1S/C18H28N2O4S2/c1-10(2)14(15(21)20-17(19)23)24-16(22)11-8-12-4-3-5-13(9-11)18(12)25-6-7-26-18/h10-14H,3-9H2,1-2H3,(H3,19,20,21,23)/t11?,12-,13+,14-/m1/s1. The number of urea groups is 1. The summed E-state index contributed by atoms with van der Waals surface area (Å²) in [5.41, 5.74) is 5.02. The Bertz CT molecular complexity index is 562. The fraction of sp³-hybridized carbons (Fsp3) is 0.833. The summed E-state index contributed by atoms with van der Waals surface area (Å²) in [4.78, 5) is 35.9. The Morgan fingerprint density at radius 1 is 1.12 bits per heavy atom. The topological polar surface area (TPSA) is 98.5 Å². The number of esters is 1. The van der Waals surface area contributed by atoms with Crippen molar-refractivity contribution >= 4 is 41.4 Å². The second-order valence-corrected chi connectivity index (χ2v) is 10.9. The molecule has 2 bridgehead atoms. The normalized spacial score (nSPS) is 30.8. The summed E-state index contributed by atoms with van der Waals surface area (Å²) >= 11 is 4.19. The number of hydrogen-bond acceptors (Lipinski definition) is 6. The minimum absolute atomic E-state index is 0.152. The van der Waals surface area contributed by atoms with Crippen molar-refractivity contribution in [1.82, 2.24) is 5.32 Å². The van der Waals surface area contributed by atoms with E-state index in [9.17, 15) is 14.4 Å². The molecule has 1 spiro atoms. The molecule has 26 heavy (non-hydrogen) atoms. The lowest BCUT2D eigenvalue weighted by Crippen LogP contribution is -2.50. The van der Waals surface area contributed by atoms with Gasteiger partial charge in [-0.2, -0.15) is 0 Å². The highest BCUT2D eigenvalue weighted by atomic mass is 32.2. The fourth-order valence-corrected chi connectivity index (χ4v) is 8.65. The number of ether oxygens (including phenoxy) is 1. The van der Waals surface area contributed by atoms with Crippen LogP contribution in [0.2, 0.25) is 0 Å². The predicted molar refractivity (Wildman–Crippen MR) is 104 cm³/mol. The second-order valence-electron chi connectivity index (χ2n) is 7.87. The smallest absolute Gasteiger partial charge is 0.318 e. The van der Waals surface area contributed by atoms with Crippen molar-refractivity contribution in [2.45, 2.75) is 56.1 Å². The Balaban J connectivity index is 1.66. The average Bonchev–Trinajstić information content (AvgIpc) is 3.00. The van der Waals surface area contributed by atoms with E-state index in [1.807, 2.05) is 5.32 Å². The Labute approximate surface area is 163 Å². The van der Waals surface area contributed by atoms with Crippen molar-refractivity contribution in [2.75, 3.05) is 11.5 Å². The van der Waals surface area contributed by atoms with Gasteiger partial charge in [0.1, 0.15) is 0 Å². The van der Waals surface area contributed by atoms with E-state index < -0.39 is 18.0 Å². The summed E-state index contributed by atoms with van der Waals surface area (Å²) in [7, 11) is 0. The molecule has 146 valence electrons. The van der Waals surface area contributed by atoms with E-state index in [0.29, 0.717) is 15.9 Å². The molecule has 1 unspecified atom stereocenters. The van der Waals surface area contributed by atoms with Crippen LogP contribution in [-0.4, -0.2) is 39.6 Å². The Morgan fingerprint density at radius 2 is 1.69 bits per heavy atom. The van der Waals surface area contributed by atoms with Gasteiger partial charge in [0.05, 0.1) is 10.00 Å². The number of rotatable bonds is 4. The first-order chi connectivity index (χ1) is 12.3. The maximum atomic E-state index is 12.8. The molecule has 4 atom stereocenters. The molecule has 1 heterocycles. The lowest BCUT2D eigenvalue weighted by molar-refractivity contribution is -0.164. The van der Waals surface area contributed by atoms with E-state index in [2.05, 4.69) is 23.5 Å². The van der Waals surface area contributed by atoms with Gasteiger partial charge < -0.3 is 10.5 Å². The van der Waals surface area contributed by atoms with Gasteiger partial charge in [-0.25, -0.2) is 4.79 Å². The number of nitrogens with two attached hydrogens (primary N) is 1. The number of carbonyl (C=O) groups excluding carboxylic acids is 3. The first-order valence-electron chi connectivity index (χ1n) is 9.42. The third kappa shape index (κ3) is 3.86. The third-order valence-corrected chi connectivity index (χ3v) is 9.82. The molecule has 1 saturated heterocycles. The predicted octanol–water partition coefficient (Wildman–Crippen LogP) is 2.75. The molecule has 0 aromatic rings. The number of carbonyl (C=O) groups is 3. The SMILES string of the molecule is CC(C)[C@@H](OC(=O)C1C[C@H]2CCC[C@@H](C1)C21SCCS1)C(=O)NC(N)=O. The highest BCUT2D eigenvalue weighted by Gasteiger charge is 2.55. The first-order valence-corrected chi connectivity index (χ1v) is 11.4. The molecule has 3 N–H and O–H groups in total. The monoisotopic (exact) mass is 400 g/mol. The third-order valence-electron chi connectivity index (χ3n) is 5.81. The zero-order chi connectivity index (χ0) is 18.9. The van der Waals surface area contributed by atoms with Crippen molar-refractivity contribution in [3.05, 3.63) is 0 Å². The lowest BCUT2D eigenvalue weighted by atomic mass is 9.67. The molecule has 1 aliphatic heterocycles. The fourth-order valence-electron chi connectivity index (χ4n) is 4.71. The van der Waals surface area contributed by atoms with E-state index >= 15 is 0 Å². The largest absolute Gasteiger partial charge is 0.452 e. The van der Waals surface area contributed by atoms with Crippen molar-refractivity contribution in [1.29, 1.82) is 0 Å². The van der Waals surface area contributed by atoms with Gasteiger partial charge in [-0.3, -0.25) is 14.9 Å². The number of amides is 3. The zero-order valence-electron chi connectivity index (χ0n) is 15.4. The average molecular weight is 401 g/mol. The molecule has 3 aliphatic rings. The molecule has 3 rings (SSSR count). The van der Waals surface area contributed by atoms with Crippen LogP contribution in [0.4, 0.5) is 4.79 Å². The summed E-state index contributed by atoms with van der Waals surface area (Å²) in [6.45, 7) is 3.57. The molecular weight excluding hydrogens is 372 g/mol. The summed E-state index contributed by atoms with van der Waals surface area (Å²) < 4.78 is 5.86. The Hall–Kier alpha value is -0.890. The summed E-state index contributed by atoms with van der Waals surface area (Å²) in [5, 5.41) is 2.03. The van der Waals surface area contributed by atoms with Gasteiger partial charge in [-0.1, -0.05) is 20.3 Å². The molecule has 3 fully saturated rings. The molecule has 3 amide bonds. The molecular formula is C18H28N2O4S2. The molecule has 0 radical (unpaired) electrons. The molecule has 0 aromatic carbocycles. The molecule has 6 nitrogen and oxygen atoms in total. The lowest BCUT2D eigenvalue weighted by Gasteiger charge is -2.51. The van der Waals surface area contributed by atoms with Crippen LogP contribution in [0.15, 0.2) is 0 Å². The van der Waals surface area contributed by atoms with E-state index in [1.54, 1.807) is 13.8 Å². The van der Waals surface area contributed by atoms with Crippen molar-refractivity contribution in [2.24, 2.45) is 29.4 Å². The maximum absolute atomic E-state index is 12.8. The van der Waals surface area contributed by atoms with Gasteiger partial charge in [0.15, 0.2) is 6.10 Å². The minimum atomic E-state index is -0.985. The van der Waals surface area contributed by atoms with Crippen LogP contribution in [0.5, 0.6) is 0 Å². The first kappa shape index (κ1) is 19.9. The van der Waals surface area contributed by atoms with Crippen LogP contribution < -0.4 is 11.1 Å². The number of nitrogens with one attached hydrogen (secondary N) is 1. The summed E-state index contributed by atoms with van der Waals surface area (Å²) in [6.07, 6.45) is 4.30. The highest BCUT2D eigenvalue weighted by Crippen LogP contribution is 2.64. The number of imide groups is 1. The zero-order valence-corrected chi connectivity index (χ0v) is 17.0. The molecule has 0 aromatic heterocycles. The number of hydrogen-bond donors (Lipinski definition) is 2. The van der Waals surface area contributed by atoms with Crippen molar-refractivity contribution < 1.29 is 19.1 Å². The van der Waals surface area contributed by atoms with Crippen LogP contribution >= 0.6 is 23.5 Å². The molecule has 8 heteroatoms. The maximum Gasteiger partial charge on any atom is 0.318 e. The Kier molecular flexibility index (Phi) is 6.11. The van der Waals surface area contributed by atoms with Gasteiger partial charge >= 0.3 is 12.0 Å². The van der Waals surface area contributed by atoms with E-state index in [4.69, 9.17) is 10.5 Å². The van der Waals surface area contributed by atoms with Gasteiger partial charge in [0.25, 0.3) is 5.91 Å². The van der Waals surface area contributed by atoms with Crippen LogP contribution in [0, 0.1) is 23.7 Å². The van der Waals surface area contributed by atoms with Crippen LogP contribution in [-0.2, 0) is 14.3 Å². The van der Waals surface area contributed by atoms with Gasteiger partial charge in [-0.05, 0) is 43.4 Å². The van der Waals surface area contributed by atoms with E-state index in [0.717, 1.165) is 12.8 Å². The van der Waals surface area contributed by atoms with Crippen molar-refractivity contribution in [3.63, 3.8) is 0 Å². The van der Waals surface area contributed by atoms with E-state index in [-0.39, 0.29) is 17.8 Å².